The molecule has 0 saturated carbocycles. The van der Waals surface area contributed by atoms with Crippen LogP contribution in [0.4, 0.5) is 10.5 Å². The van der Waals surface area contributed by atoms with Crippen LogP contribution in [0.25, 0.3) is 0 Å². The van der Waals surface area contributed by atoms with Gasteiger partial charge in [0.05, 0.1) is 5.56 Å². The Morgan fingerprint density at radius 3 is 2.46 bits per heavy atom. The maximum absolute atomic E-state index is 12.4. The monoisotopic (exact) mass is 355 g/mol. The smallest absolute Gasteiger partial charge is 0.338 e. The van der Waals surface area contributed by atoms with Crippen LogP contribution < -0.4 is 11.1 Å². The Morgan fingerprint density at radius 1 is 1.12 bits per heavy atom. The number of carbonyl (C=O) groups excluding carboxylic acids is 3. The summed E-state index contributed by atoms with van der Waals surface area (Å²) in [6.07, 6.45) is -0.941. The summed E-state index contributed by atoms with van der Waals surface area (Å²) in [6.45, 7) is 1.94. The summed E-state index contributed by atoms with van der Waals surface area (Å²) in [5, 5.41) is 2.38. The molecule has 2 aromatic carbocycles. The van der Waals surface area contributed by atoms with Crippen LogP contribution in [0.1, 0.15) is 22.8 Å². The van der Waals surface area contributed by atoms with Crippen molar-refractivity contribution in [2.24, 2.45) is 5.73 Å². The highest BCUT2D eigenvalue weighted by molar-refractivity contribution is 5.94. The summed E-state index contributed by atoms with van der Waals surface area (Å²) in [6, 6.07) is 14.9. The summed E-state index contributed by atoms with van der Waals surface area (Å²) in [5.74, 6) is -0.972. The second kappa shape index (κ2) is 8.66. The summed E-state index contributed by atoms with van der Waals surface area (Å²) in [7, 11) is 1.65. The predicted octanol–water partition coefficient (Wildman–Crippen LogP) is 2.38. The molecule has 0 aromatic heterocycles. The van der Waals surface area contributed by atoms with E-state index in [2.05, 4.69) is 5.32 Å². The zero-order chi connectivity index (χ0) is 19.1. The number of hydrogen-bond acceptors (Lipinski definition) is 4. The summed E-state index contributed by atoms with van der Waals surface area (Å²) in [5.41, 5.74) is 6.61. The zero-order valence-corrected chi connectivity index (χ0v) is 14.6. The molecule has 0 aliphatic heterocycles. The summed E-state index contributed by atoms with van der Waals surface area (Å²) in [4.78, 5) is 37.0. The van der Waals surface area contributed by atoms with Gasteiger partial charge in [-0.05, 0) is 30.7 Å². The highest BCUT2D eigenvalue weighted by Crippen LogP contribution is 2.13. The van der Waals surface area contributed by atoms with Crippen molar-refractivity contribution >= 4 is 23.6 Å². The Bertz CT molecular complexity index is 792. The fourth-order valence-corrected chi connectivity index (χ4v) is 2.39. The number of nitrogens with two attached hydrogens (primary N) is 1. The van der Waals surface area contributed by atoms with Crippen LogP contribution in [0, 0.1) is 0 Å². The van der Waals surface area contributed by atoms with Gasteiger partial charge in [-0.2, -0.15) is 0 Å². The fraction of sp³-hybridized carbons (Fsp3) is 0.211. The van der Waals surface area contributed by atoms with Crippen LogP contribution >= 0.6 is 0 Å². The van der Waals surface area contributed by atoms with E-state index >= 15 is 0 Å². The molecule has 0 aliphatic rings. The van der Waals surface area contributed by atoms with Crippen molar-refractivity contribution in [2.45, 2.75) is 19.6 Å². The number of esters is 1. The van der Waals surface area contributed by atoms with Gasteiger partial charge in [0.25, 0.3) is 5.91 Å². The Kier molecular flexibility index (Phi) is 6.32. The number of benzene rings is 2. The number of carbonyl (C=O) groups is 3. The molecule has 26 heavy (non-hydrogen) atoms. The topological polar surface area (TPSA) is 102 Å². The second-order valence-corrected chi connectivity index (χ2v) is 5.80. The lowest BCUT2D eigenvalue weighted by Gasteiger charge is -2.21. The van der Waals surface area contributed by atoms with E-state index < -0.39 is 18.1 Å². The van der Waals surface area contributed by atoms with Gasteiger partial charge in [-0.15, -0.1) is 0 Å². The van der Waals surface area contributed by atoms with Crippen LogP contribution in [0.5, 0.6) is 0 Å². The van der Waals surface area contributed by atoms with Gasteiger partial charge in [-0.25, -0.2) is 9.59 Å². The lowest BCUT2D eigenvalue weighted by atomic mass is 10.2. The molecule has 0 bridgehead atoms. The summed E-state index contributed by atoms with van der Waals surface area (Å²) >= 11 is 0. The minimum Gasteiger partial charge on any atom is -0.449 e. The third-order valence-corrected chi connectivity index (χ3v) is 3.64. The van der Waals surface area contributed by atoms with Crippen molar-refractivity contribution in [3.63, 3.8) is 0 Å². The molecule has 0 radical (unpaired) electrons. The average molecular weight is 355 g/mol. The minimum absolute atomic E-state index is 0.210. The fourth-order valence-electron chi connectivity index (χ4n) is 2.39. The van der Waals surface area contributed by atoms with E-state index in [9.17, 15) is 14.4 Å². The second-order valence-electron chi connectivity index (χ2n) is 5.80. The summed E-state index contributed by atoms with van der Waals surface area (Å²) < 4.78 is 5.24. The first kappa shape index (κ1) is 19.0. The van der Waals surface area contributed by atoms with Gasteiger partial charge >= 0.3 is 12.0 Å². The normalized spacial score (nSPS) is 11.3. The number of primary amides is 1. The molecule has 7 heteroatoms. The van der Waals surface area contributed by atoms with Crippen molar-refractivity contribution in [3.05, 3.63) is 65.7 Å². The molecule has 0 heterocycles. The molecule has 1 atom stereocenters. The Balaban J connectivity index is 1.97. The molecule has 0 unspecified atom stereocenters. The van der Waals surface area contributed by atoms with Gasteiger partial charge in [0.15, 0.2) is 6.10 Å². The molecule has 0 spiro atoms. The number of amides is 3. The number of ether oxygens (including phenoxy) is 1. The van der Waals surface area contributed by atoms with Crippen molar-refractivity contribution in [1.82, 2.24) is 4.90 Å². The molecular formula is C19H21N3O4. The van der Waals surface area contributed by atoms with Crippen LogP contribution in [0.3, 0.4) is 0 Å². The first-order valence-electron chi connectivity index (χ1n) is 8.03. The number of urea groups is 1. The van der Waals surface area contributed by atoms with Crippen LogP contribution in [-0.2, 0) is 16.1 Å². The van der Waals surface area contributed by atoms with E-state index in [1.54, 1.807) is 19.2 Å². The molecule has 3 amide bonds. The van der Waals surface area contributed by atoms with Crippen molar-refractivity contribution < 1.29 is 19.1 Å². The standard InChI is InChI=1S/C19H21N3O4/c1-13(17(23)22(2)12-14-7-4-3-5-8-14)26-18(24)15-9-6-10-16(11-15)21-19(20)25/h3-11,13H,12H2,1-2H3,(H3,20,21,25)/t13-/m0/s1. The Hall–Kier alpha value is -3.35. The Labute approximate surface area is 151 Å². The van der Waals surface area contributed by atoms with Gasteiger partial charge in [0, 0.05) is 19.3 Å². The average Bonchev–Trinajstić information content (AvgIpc) is 2.61. The van der Waals surface area contributed by atoms with E-state index in [0.717, 1.165) is 5.56 Å². The molecule has 0 aliphatic carbocycles. The number of likely N-dealkylation sites (N-methyl/N-ethyl adjacent to an activating group) is 1. The molecule has 0 saturated heterocycles. The third-order valence-electron chi connectivity index (χ3n) is 3.64. The molecule has 136 valence electrons. The SMILES string of the molecule is C[C@H](OC(=O)c1cccc(NC(N)=O)c1)C(=O)N(C)Cc1ccccc1. The maximum Gasteiger partial charge on any atom is 0.338 e. The first-order chi connectivity index (χ1) is 12.4. The van der Waals surface area contributed by atoms with Gasteiger partial charge < -0.3 is 20.7 Å². The Morgan fingerprint density at radius 2 is 1.81 bits per heavy atom. The molecular weight excluding hydrogens is 334 g/mol. The van der Waals surface area contributed by atoms with E-state index in [0.29, 0.717) is 12.2 Å². The van der Waals surface area contributed by atoms with E-state index in [4.69, 9.17) is 10.5 Å². The molecule has 2 aromatic rings. The first-order valence-corrected chi connectivity index (χ1v) is 8.03. The maximum atomic E-state index is 12.4. The van der Waals surface area contributed by atoms with Crippen molar-refractivity contribution in [3.8, 4) is 0 Å². The quantitative estimate of drug-likeness (QED) is 0.777. The number of rotatable bonds is 6. The lowest BCUT2D eigenvalue weighted by molar-refractivity contribution is -0.139. The third kappa shape index (κ3) is 5.34. The molecule has 7 nitrogen and oxygen atoms in total. The van der Waals surface area contributed by atoms with Gasteiger partial charge in [-0.3, -0.25) is 4.79 Å². The van der Waals surface area contributed by atoms with Crippen LogP contribution in [0.2, 0.25) is 0 Å². The van der Waals surface area contributed by atoms with Crippen LogP contribution in [-0.4, -0.2) is 36.0 Å². The van der Waals surface area contributed by atoms with Crippen molar-refractivity contribution in [1.29, 1.82) is 0 Å². The molecule has 0 fully saturated rings. The molecule has 3 N–H and O–H groups in total. The van der Waals surface area contributed by atoms with E-state index in [1.807, 2.05) is 30.3 Å². The predicted molar refractivity (Wildman–Crippen MR) is 97.4 cm³/mol. The van der Waals surface area contributed by atoms with Gasteiger partial charge in [0.1, 0.15) is 0 Å². The molecule has 2 rings (SSSR count). The van der Waals surface area contributed by atoms with E-state index in [-0.39, 0.29) is 11.5 Å². The van der Waals surface area contributed by atoms with Crippen molar-refractivity contribution in [2.75, 3.05) is 12.4 Å². The largest absolute Gasteiger partial charge is 0.449 e. The highest BCUT2D eigenvalue weighted by atomic mass is 16.5. The van der Waals surface area contributed by atoms with Gasteiger partial charge in [0.2, 0.25) is 0 Å². The number of nitrogens with zero attached hydrogens (tertiary/aromatic N) is 1. The number of hydrogen-bond donors (Lipinski definition) is 2. The van der Waals surface area contributed by atoms with E-state index in [1.165, 1.54) is 24.0 Å². The number of anilines is 1. The zero-order valence-electron chi connectivity index (χ0n) is 14.6. The number of nitrogens with one attached hydrogen (secondary N) is 1. The minimum atomic E-state index is -0.941. The van der Waals surface area contributed by atoms with Gasteiger partial charge in [-0.1, -0.05) is 36.4 Å². The van der Waals surface area contributed by atoms with Crippen LogP contribution in [0.15, 0.2) is 54.6 Å². The highest BCUT2D eigenvalue weighted by Gasteiger charge is 2.22. The lowest BCUT2D eigenvalue weighted by Crippen LogP contribution is -2.37.